The van der Waals surface area contributed by atoms with Crippen LogP contribution in [0.1, 0.15) is 16.1 Å². The molecule has 1 amide bonds. The molecule has 9 heteroatoms. The summed E-state index contributed by atoms with van der Waals surface area (Å²) in [6, 6.07) is 14.0. The molecule has 0 spiro atoms. The first kappa shape index (κ1) is 17.8. The van der Waals surface area contributed by atoms with Gasteiger partial charge in [0.15, 0.2) is 5.65 Å². The number of amides is 1. The van der Waals surface area contributed by atoms with Crippen molar-refractivity contribution in [3.05, 3.63) is 88.4 Å². The first-order valence-electron chi connectivity index (χ1n) is 9.07. The van der Waals surface area contributed by atoms with Gasteiger partial charge in [0.2, 0.25) is 0 Å². The molecule has 0 fully saturated rings. The van der Waals surface area contributed by atoms with E-state index in [9.17, 15) is 14.0 Å². The fraction of sp³-hybridized carbons (Fsp3) is 0.0476. The largest absolute Gasteiger partial charge is 0.467 e. The van der Waals surface area contributed by atoms with Crippen molar-refractivity contribution >= 4 is 22.5 Å². The zero-order chi connectivity index (χ0) is 20.7. The minimum absolute atomic E-state index is 0.239. The molecule has 0 atom stereocenters. The number of halogens is 1. The Morgan fingerprint density at radius 2 is 2.07 bits per heavy atom. The highest BCUT2D eigenvalue weighted by molar-refractivity contribution is 5.98. The Hall–Kier alpha value is -4.27. The van der Waals surface area contributed by atoms with E-state index in [0.29, 0.717) is 33.5 Å². The number of carbonyl (C=O) groups excluding carboxylic acids is 1. The SMILES string of the molecule is O=C(NCc1ccco1)c1ccc2c(=O)nc3c(-c4cccc(F)c4)n[nH]n3c2c1. The highest BCUT2D eigenvalue weighted by Crippen LogP contribution is 2.23. The van der Waals surface area contributed by atoms with Crippen LogP contribution in [0.3, 0.4) is 0 Å². The smallest absolute Gasteiger partial charge is 0.281 e. The van der Waals surface area contributed by atoms with E-state index < -0.39 is 11.4 Å². The standard InChI is InChI=1S/C21H14FN5O3/c22-14-4-1-3-12(9-14)18-19-24-21(29)16-7-6-13(10-17(16)27(19)26-25-18)20(28)23-11-15-5-2-8-30-15/h1-10,26H,11H2,(H,23,28). The number of rotatable bonds is 4. The van der Waals surface area contributed by atoms with E-state index >= 15 is 0 Å². The Balaban J connectivity index is 1.59. The molecule has 0 radical (unpaired) electrons. The van der Waals surface area contributed by atoms with Gasteiger partial charge < -0.3 is 9.73 Å². The van der Waals surface area contributed by atoms with Crippen molar-refractivity contribution in [2.24, 2.45) is 0 Å². The second-order valence-corrected chi connectivity index (χ2v) is 6.64. The summed E-state index contributed by atoms with van der Waals surface area (Å²) in [5.74, 6) is -0.122. The number of aromatic nitrogens is 4. The Bertz CT molecular complexity index is 1450. The molecule has 0 unspecified atom stereocenters. The van der Waals surface area contributed by atoms with E-state index in [1.807, 2.05) is 0 Å². The quantitative estimate of drug-likeness (QED) is 0.480. The third kappa shape index (κ3) is 3.02. The molecule has 30 heavy (non-hydrogen) atoms. The van der Waals surface area contributed by atoms with Gasteiger partial charge in [-0.1, -0.05) is 12.1 Å². The number of nitrogens with one attached hydrogen (secondary N) is 2. The molecule has 2 aromatic carbocycles. The van der Waals surface area contributed by atoms with Crippen molar-refractivity contribution in [2.45, 2.75) is 6.54 Å². The van der Waals surface area contributed by atoms with Gasteiger partial charge in [-0.05, 0) is 42.5 Å². The van der Waals surface area contributed by atoms with E-state index in [-0.39, 0.29) is 18.1 Å². The lowest BCUT2D eigenvalue weighted by Crippen LogP contribution is -2.22. The third-order valence-corrected chi connectivity index (χ3v) is 4.73. The van der Waals surface area contributed by atoms with Gasteiger partial charge in [0.05, 0.1) is 23.7 Å². The first-order valence-corrected chi connectivity index (χ1v) is 9.07. The van der Waals surface area contributed by atoms with E-state index in [4.69, 9.17) is 4.42 Å². The van der Waals surface area contributed by atoms with E-state index in [0.717, 1.165) is 0 Å². The van der Waals surface area contributed by atoms with Gasteiger partial charge >= 0.3 is 0 Å². The minimum atomic E-state index is -0.466. The molecule has 3 aromatic heterocycles. The maximum absolute atomic E-state index is 13.6. The summed E-state index contributed by atoms with van der Waals surface area (Å²) >= 11 is 0. The molecule has 3 heterocycles. The Morgan fingerprint density at radius 3 is 2.87 bits per heavy atom. The van der Waals surface area contributed by atoms with Crippen LogP contribution in [0, 0.1) is 5.82 Å². The van der Waals surface area contributed by atoms with Crippen LogP contribution in [-0.2, 0) is 6.54 Å². The van der Waals surface area contributed by atoms with Crippen LogP contribution in [0.5, 0.6) is 0 Å². The summed E-state index contributed by atoms with van der Waals surface area (Å²) in [6.45, 7) is 0.239. The van der Waals surface area contributed by atoms with Gasteiger partial charge in [-0.25, -0.2) is 14.1 Å². The number of nitrogens with zero attached hydrogens (tertiary/aromatic N) is 3. The van der Waals surface area contributed by atoms with Crippen molar-refractivity contribution in [1.29, 1.82) is 0 Å². The second-order valence-electron chi connectivity index (χ2n) is 6.64. The molecule has 8 nitrogen and oxygen atoms in total. The second kappa shape index (κ2) is 6.96. The molecule has 0 aliphatic heterocycles. The number of furan rings is 1. The number of hydrogen-bond donors (Lipinski definition) is 2. The fourth-order valence-electron chi connectivity index (χ4n) is 3.28. The molecule has 2 N–H and O–H groups in total. The average molecular weight is 403 g/mol. The number of hydrogen-bond acceptors (Lipinski definition) is 5. The predicted octanol–water partition coefficient (Wildman–Crippen LogP) is 2.90. The molecule has 148 valence electrons. The van der Waals surface area contributed by atoms with Crippen LogP contribution < -0.4 is 10.9 Å². The van der Waals surface area contributed by atoms with Crippen LogP contribution >= 0.6 is 0 Å². The molecule has 5 rings (SSSR count). The Kier molecular flexibility index (Phi) is 4.13. The van der Waals surface area contributed by atoms with Gasteiger partial charge in [0.1, 0.15) is 17.3 Å². The lowest BCUT2D eigenvalue weighted by atomic mass is 10.1. The molecule has 0 saturated carbocycles. The molecule has 0 saturated heterocycles. The van der Waals surface area contributed by atoms with E-state index in [2.05, 4.69) is 20.6 Å². The maximum Gasteiger partial charge on any atom is 0.281 e. The van der Waals surface area contributed by atoms with Crippen molar-refractivity contribution in [3.63, 3.8) is 0 Å². The van der Waals surface area contributed by atoms with Crippen LogP contribution in [-0.4, -0.2) is 25.7 Å². The summed E-state index contributed by atoms with van der Waals surface area (Å²) < 4.78 is 20.3. The van der Waals surface area contributed by atoms with Gasteiger partial charge in [0, 0.05) is 11.1 Å². The third-order valence-electron chi connectivity index (χ3n) is 4.73. The van der Waals surface area contributed by atoms with Crippen molar-refractivity contribution in [1.82, 2.24) is 25.1 Å². The number of carbonyl (C=O) groups is 1. The van der Waals surface area contributed by atoms with Crippen LogP contribution in [0.15, 0.2) is 70.1 Å². The van der Waals surface area contributed by atoms with E-state index in [1.54, 1.807) is 42.5 Å². The average Bonchev–Trinajstić information content (AvgIpc) is 3.42. The minimum Gasteiger partial charge on any atom is -0.467 e. The summed E-state index contributed by atoms with van der Waals surface area (Å²) in [5.41, 5.74) is 1.38. The van der Waals surface area contributed by atoms with Crippen molar-refractivity contribution < 1.29 is 13.6 Å². The maximum atomic E-state index is 13.6. The summed E-state index contributed by atoms with van der Waals surface area (Å²) in [7, 11) is 0. The van der Waals surface area contributed by atoms with Gasteiger partial charge in [-0.3, -0.25) is 9.59 Å². The highest BCUT2D eigenvalue weighted by atomic mass is 19.1. The first-order chi connectivity index (χ1) is 14.6. The molecule has 0 aliphatic carbocycles. The topological polar surface area (TPSA) is 105 Å². The zero-order valence-corrected chi connectivity index (χ0v) is 15.4. The van der Waals surface area contributed by atoms with Crippen molar-refractivity contribution in [3.8, 4) is 11.3 Å². The normalized spacial score (nSPS) is 11.2. The lowest BCUT2D eigenvalue weighted by Gasteiger charge is -2.06. The summed E-state index contributed by atoms with van der Waals surface area (Å²) in [4.78, 5) is 29.2. The van der Waals surface area contributed by atoms with Crippen LogP contribution in [0.4, 0.5) is 4.39 Å². The number of fused-ring (bicyclic) bond motifs is 3. The van der Waals surface area contributed by atoms with E-state index in [1.165, 1.54) is 22.9 Å². The molecule has 0 aliphatic rings. The number of benzene rings is 2. The Labute approximate surface area is 168 Å². The van der Waals surface area contributed by atoms with Gasteiger partial charge in [-0.2, -0.15) is 10.1 Å². The molecular formula is C21H14FN5O3. The monoisotopic (exact) mass is 403 g/mol. The van der Waals surface area contributed by atoms with Crippen molar-refractivity contribution in [2.75, 3.05) is 0 Å². The highest BCUT2D eigenvalue weighted by Gasteiger charge is 2.16. The number of H-pyrrole nitrogens is 1. The van der Waals surface area contributed by atoms with Gasteiger partial charge in [-0.15, -0.1) is 0 Å². The summed E-state index contributed by atoms with van der Waals surface area (Å²) in [5, 5.41) is 10.1. The van der Waals surface area contributed by atoms with Gasteiger partial charge in [0.25, 0.3) is 11.5 Å². The number of aromatic amines is 1. The molecular weight excluding hydrogens is 389 g/mol. The fourth-order valence-corrected chi connectivity index (χ4v) is 3.28. The van der Waals surface area contributed by atoms with Crippen LogP contribution in [0.25, 0.3) is 27.8 Å². The summed E-state index contributed by atoms with van der Waals surface area (Å²) in [6.07, 6.45) is 1.53. The van der Waals surface area contributed by atoms with Crippen LogP contribution in [0.2, 0.25) is 0 Å². The Morgan fingerprint density at radius 1 is 1.17 bits per heavy atom. The molecule has 0 bridgehead atoms. The molecule has 5 aromatic rings. The zero-order valence-electron chi connectivity index (χ0n) is 15.4. The predicted molar refractivity (Wildman–Crippen MR) is 106 cm³/mol. The lowest BCUT2D eigenvalue weighted by molar-refractivity contribution is 0.0948.